The van der Waals surface area contributed by atoms with Gasteiger partial charge in [-0.2, -0.15) is 0 Å². The molecule has 3 nitrogen and oxygen atoms in total. The summed E-state index contributed by atoms with van der Waals surface area (Å²) in [6, 6.07) is 18.0. The summed E-state index contributed by atoms with van der Waals surface area (Å²) in [6.07, 6.45) is 0. The number of rotatable bonds is 4. The lowest BCUT2D eigenvalue weighted by Crippen LogP contribution is -2.11. The third-order valence-corrected chi connectivity index (χ3v) is 4.72. The van der Waals surface area contributed by atoms with Crippen LogP contribution in [0.25, 0.3) is 10.1 Å². The highest BCUT2D eigenvalue weighted by atomic mass is 32.1. The Balaban J connectivity index is 1.78. The fourth-order valence-corrected chi connectivity index (χ4v) is 3.33. The molecule has 1 heterocycles. The SMILES string of the molecule is CC(Nc1ccc(C(N)=O)cc1)c1cc2ccccc2s1. The molecule has 1 atom stereocenters. The van der Waals surface area contributed by atoms with Crippen LogP contribution in [-0.2, 0) is 0 Å². The maximum Gasteiger partial charge on any atom is 0.248 e. The first kappa shape index (κ1) is 13.6. The van der Waals surface area contributed by atoms with Crippen LogP contribution in [0.15, 0.2) is 54.6 Å². The summed E-state index contributed by atoms with van der Waals surface area (Å²) in [5.41, 5.74) is 6.74. The molecule has 4 heteroatoms. The number of primary amides is 1. The van der Waals surface area contributed by atoms with Crippen molar-refractivity contribution in [3.63, 3.8) is 0 Å². The lowest BCUT2D eigenvalue weighted by Gasteiger charge is -2.13. The van der Waals surface area contributed by atoms with E-state index in [9.17, 15) is 4.79 Å². The quantitative estimate of drug-likeness (QED) is 0.759. The summed E-state index contributed by atoms with van der Waals surface area (Å²) >= 11 is 1.80. The molecule has 0 saturated carbocycles. The van der Waals surface area contributed by atoms with Gasteiger partial charge in [-0.3, -0.25) is 4.79 Å². The van der Waals surface area contributed by atoms with E-state index in [-0.39, 0.29) is 6.04 Å². The molecule has 3 rings (SSSR count). The average Bonchev–Trinajstić information content (AvgIpc) is 2.92. The van der Waals surface area contributed by atoms with E-state index in [4.69, 9.17) is 5.73 Å². The summed E-state index contributed by atoms with van der Waals surface area (Å²) in [6.45, 7) is 2.13. The summed E-state index contributed by atoms with van der Waals surface area (Å²) in [4.78, 5) is 12.3. The molecule has 0 aliphatic heterocycles. The van der Waals surface area contributed by atoms with Crippen molar-refractivity contribution >= 4 is 33.0 Å². The first-order chi connectivity index (χ1) is 10.1. The molecular weight excluding hydrogens is 280 g/mol. The number of benzene rings is 2. The average molecular weight is 296 g/mol. The van der Waals surface area contributed by atoms with Crippen molar-refractivity contribution in [2.24, 2.45) is 5.73 Å². The van der Waals surface area contributed by atoms with Crippen LogP contribution in [0.4, 0.5) is 5.69 Å². The summed E-state index contributed by atoms with van der Waals surface area (Å²) < 4.78 is 1.30. The van der Waals surface area contributed by atoms with Crippen LogP contribution >= 0.6 is 11.3 Å². The van der Waals surface area contributed by atoms with Gasteiger partial charge in [-0.05, 0) is 48.7 Å². The molecule has 1 amide bonds. The minimum atomic E-state index is -0.404. The number of anilines is 1. The molecular formula is C17H16N2OS. The second kappa shape index (κ2) is 5.58. The Labute approximate surface area is 127 Å². The van der Waals surface area contributed by atoms with Gasteiger partial charge in [-0.15, -0.1) is 11.3 Å². The van der Waals surface area contributed by atoms with E-state index in [1.807, 2.05) is 12.1 Å². The number of carbonyl (C=O) groups is 1. The minimum Gasteiger partial charge on any atom is -0.378 e. The number of amides is 1. The highest BCUT2D eigenvalue weighted by Crippen LogP contribution is 2.31. The normalized spacial score (nSPS) is 12.2. The molecule has 0 saturated heterocycles. The Morgan fingerprint density at radius 1 is 1.14 bits per heavy atom. The largest absolute Gasteiger partial charge is 0.378 e. The predicted octanol–water partition coefficient (Wildman–Crippen LogP) is 4.17. The first-order valence-electron chi connectivity index (χ1n) is 6.78. The Hall–Kier alpha value is -2.33. The van der Waals surface area contributed by atoms with Crippen LogP contribution in [0.5, 0.6) is 0 Å². The Bertz CT molecular complexity index is 744. The topological polar surface area (TPSA) is 55.1 Å². The van der Waals surface area contributed by atoms with Crippen LogP contribution in [0.1, 0.15) is 28.2 Å². The van der Waals surface area contributed by atoms with Crippen LogP contribution in [0.2, 0.25) is 0 Å². The molecule has 1 unspecified atom stereocenters. The fourth-order valence-electron chi connectivity index (χ4n) is 2.27. The zero-order valence-corrected chi connectivity index (χ0v) is 12.5. The van der Waals surface area contributed by atoms with Crippen LogP contribution in [0.3, 0.4) is 0 Å². The Morgan fingerprint density at radius 2 is 1.86 bits per heavy atom. The molecule has 0 aliphatic rings. The van der Waals surface area contributed by atoms with E-state index in [1.54, 1.807) is 23.5 Å². The van der Waals surface area contributed by atoms with Crippen molar-refractivity contribution in [2.45, 2.75) is 13.0 Å². The monoisotopic (exact) mass is 296 g/mol. The standard InChI is InChI=1S/C17H16N2OS/c1-11(16-10-13-4-2-3-5-15(13)21-16)19-14-8-6-12(7-9-14)17(18)20/h2-11,19H,1H3,(H2,18,20). The first-order valence-corrected chi connectivity index (χ1v) is 7.60. The van der Waals surface area contributed by atoms with Gasteiger partial charge in [-0.1, -0.05) is 18.2 Å². The molecule has 21 heavy (non-hydrogen) atoms. The van der Waals surface area contributed by atoms with Crippen molar-refractivity contribution in [3.05, 3.63) is 65.0 Å². The van der Waals surface area contributed by atoms with Gasteiger partial charge in [0.25, 0.3) is 0 Å². The number of nitrogens with one attached hydrogen (secondary N) is 1. The third kappa shape index (κ3) is 2.90. The number of thiophene rings is 1. The molecule has 3 aromatic rings. The molecule has 2 aromatic carbocycles. The van der Waals surface area contributed by atoms with Crippen LogP contribution in [0, 0.1) is 0 Å². The van der Waals surface area contributed by atoms with E-state index in [0.29, 0.717) is 5.56 Å². The van der Waals surface area contributed by atoms with E-state index in [0.717, 1.165) is 5.69 Å². The molecule has 0 aliphatic carbocycles. The molecule has 0 radical (unpaired) electrons. The second-order valence-corrected chi connectivity index (χ2v) is 6.11. The van der Waals surface area contributed by atoms with Gasteiger partial charge in [-0.25, -0.2) is 0 Å². The van der Waals surface area contributed by atoms with Gasteiger partial charge >= 0.3 is 0 Å². The molecule has 106 valence electrons. The fraction of sp³-hybridized carbons (Fsp3) is 0.118. The third-order valence-electron chi connectivity index (χ3n) is 3.42. The molecule has 0 spiro atoms. The van der Waals surface area contributed by atoms with Crippen molar-refractivity contribution < 1.29 is 4.79 Å². The number of hydrogen-bond donors (Lipinski definition) is 2. The van der Waals surface area contributed by atoms with Gasteiger partial charge in [0.2, 0.25) is 5.91 Å². The van der Waals surface area contributed by atoms with Gasteiger partial charge in [0, 0.05) is 20.8 Å². The van der Waals surface area contributed by atoms with E-state index in [1.165, 1.54) is 15.0 Å². The lowest BCUT2D eigenvalue weighted by molar-refractivity contribution is 0.100. The van der Waals surface area contributed by atoms with Crippen LogP contribution in [-0.4, -0.2) is 5.91 Å². The van der Waals surface area contributed by atoms with Crippen molar-refractivity contribution in [3.8, 4) is 0 Å². The molecule has 1 aromatic heterocycles. The van der Waals surface area contributed by atoms with E-state index >= 15 is 0 Å². The maximum absolute atomic E-state index is 11.1. The molecule has 0 fully saturated rings. The van der Waals surface area contributed by atoms with Crippen molar-refractivity contribution in [1.82, 2.24) is 0 Å². The van der Waals surface area contributed by atoms with Crippen molar-refractivity contribution in [1.29, 1.82) is 0 Å². The number of fused-ring (bicyclic) bond motifs is 1. The summed E-state index contributed by atoms with van der Waals surface area (Å²) in [7, 11) is 0. The highest BCUT2D eigenvalue weighted by Gasteiger charge is 2.09. The van der Waals surface area contributed by atoms with Crippen LogP contribution < -0.4 is 11.1 Å². The van der Waals surface area contributed by atoms with Gasteiger partial charge in [0.15, 0.2) is 0 Å². The summed E-state index contributed by atoms with van der Waals surface area (Å²) in [5, 5.41) is 4.72. The van der Waals surface area contributed by atoms with Gasteiger partial charge < -0.3 is 11.1 Å². The molecule has 0 bridgehead atoms. The highest BCUT2D eigenvalue weighted by molar-refractivity contribution is 7.19. The summed E-state index contributed by atoms with van der Waals surface area (Å²) in [5.74, 6) is -0.404. The zero-order chi connectivity index (χ0) is 14.8. The predicted molar refractivity (Wildman–Crippen MR) is 88.8 cm³/mol. The maximum atomic E-state index is 11.1. The molecule has 3 N–H and O–H groups in total. The van der Waals surface area contributed by atoms with Crippen molar-refractivity contribution in [2.75, 3.05) is 5.32 Å². The minimum absolute atomic E-state index is 0.210. The zero-order valence-electron chi connectivity index (χ0n) is 11.7. The second-order valence-electron chi connectivity index (χ2n) is 4.99. The van der Waals surface area contributed by atoms with E-state index < -0.39 is 5.91 Å². The van der Waals surface area contributed by atoms with E-state index in [2.05, 4.69) is 42.6 Å². The Kier molecular flexibility index (Phi) is 3.62. The number of nitrogens with two attached hydrogens (primary N) is 1. The van der Waals surface area contributed by atoms with Gasteiger partial charge in [0.05, 0.1) is 6.04 Å². The number of carbonyl (C=O) groups excluding carboxylic acids is 1. The number of hydrogen-bond acceptors (Lipinski definition) is 3. The Morgan fingerprint density at radius 3 is 2.52 bits per heavy atom. The lowest BCUT2D eigenvalue weighted by atomic mass is 10.1. The van der Waals surface area contributed by atoms with Gasteiger partial charge in [0.1, 0.15) is 0 Å². The smallest absolute Gasteiger partial charge is 0.248 e.